The number of amides is 1. The molecule has 1 N–H and O–H groups in total. The number of aromatic nitrogens is 1. The van der Waals surface area contributed by atoms with E-state index in [1.54, 1.807) is 42.9 Å². The number of hydrogen-bond donors (Lipinski definition) is 1. The molecule has 0 bridgehead atoms. The second-order valence-electron chi connectivity index (χ2n) is 6.36. The molecule has 132 valence electrons. The van der Waals surface area contributed by atoms with Crippen LogP contribution in [-0.4, -0.2) is 29.3 Å². The minimum atomic E-state index is -0.294. The number of halogens is 1. The lowest BCUT2D eigenvalue weighted by atomic mass is 10.1. The van der Waals surface area contributed by atoms with E-state index in [-0.39, 0.29) is 11.7 Å². The van der Waals surface area contributed by atoms with Crippen molar-refractivity contribution in [3.63, 3.8) is 0 Å². The minimum absolute atomic E-state index is 0.247. The maximum Gasteiger partial charge on any atom is 0.287 e. The number of hydrogen-bond acceptors (Lipinski definition) is 3. The first-order chi connectivity index (χ1) is 12.1. The molecule has 1 aliphatic heterocycles. The molecule has 0 atom stereocenters. The van der Waals surface area contributed by atoms with Gasteiger partial charge < -0.3 is 9.47 Å². The Bertz CT molecular complexity index is 790. The number of benzene rings is 1. The fraction of sp³-hybridized carbons (Fsp3) is 0.368. The summed E-state index contributed by atoms with van der Waals surface area (Å²) >= 11 is 0. The van der Waals surface area contributed by atoms with Crippen molar-refractivity contribution in [3.8, 4) is 0 Å². The molecule has 6 heteroatoms. The van der Waals surface area contributed by atoms with Gasteiger partial charge in [-0.15, -0.1) is 0 Å². The van der Waals surface area contributed by atoms with Crippen molar-refractivity contribution in [3.05, 3.63) is 53.6 Å². The van der Waals surface area contributed by atoms with Gasteiger partial charge in [0.05, 0.1) is 11.4 Å². The van der Waals surface area contributed by atoms with Crippen molar-refractivity contribution in [1.29, 1.82) is 0 Å². The topological polar surface area (TPSA) is 49.6 Å². The van der Waals surface area contributed by atoms with Gasteiger partial charge in [0.1, 0.15) is 11.5 Å². The molecule has 0 aliphatic carbocycles. The lowest BCUT2D eigenvalue weighted by Gasteiger charge is -2.29. The predicted molar refractivity (Wildman–Crippen MR) is 97.6 cm³/mol. The number of anilines is 1. The van der Waals surface area contributed by atoms with Crippen LogP contribution in [0.25, 0.3) is 0 Å². The number of aryl methyl sites for hydroxylation is 1. The largest absolute Gasteiger partial charge is 0.369 e. The monoisotopic (exact) mass is 342 g/mol. The highest BCUT2D eigenvalue weighted by Gasteiger charge is 2.15. The Morgan fingerprint density at radius 1 is 1.20 bits per heavy atom. The lowest BCUT2D eigenvalue weighted by Crippen LogP contribution is -2.30. The molecule has 0 unspecified atom stereocenters. The summed E-state index contributed by atoms with van der Waals surface area (Å²) in [5.41, 5.74) is 4.90. The van der Waals surface area contributed by atoms with E-state index in [1.807, 2.05) is 6.07 Å². The van der Waals surface area contributed by atoms with E-state index in [9.17, 15) is 9.18 Å². The first-order valence-electron chi connectivity index (χ1n) is 8.57. The Morgan fingerprint density at radius 3 is 2.60 bits per heavy atom. The van der Waals surface area contributed by atoms with Gasteiger partial charge >= 0.3 is 0 Å². The second-order valence-corrected chi connectivity index (χ2v) is 6.36. The van der Waals surface area contributed by atoms with E-state index in [1.165, 1.54) is 12.5 Å². The fourth-order valence-corrected chi connectivity index (χ4v) is 3.08. The maximum atomic E-state index is 14.5. The third kappa shape index (κ3) is 3.90. The van der Waals surface area contributed by atoms with Gasteiger partial charge in [-0.3, -0.25) is 4.79 Å². The highest BCUT2D eigenvalue weighted by atomic mass is 19.1. The summed E-state index contributed by atoms with van der Waals surface area (Å²) < 4.78 is 16.2. The van der Waals surface area contributed by atoms with E-state index in [2.05, 4.69) is 15.4 Å². The normalized spacial score (nSPS) is 15.3. The van der Waals surface area contributed by atoms with Gasteiger partial charge in [0.2, 0.25) is 0 Å². The molecule has 5 nitrogen and oxygen atoms in total. The zero-order chi connectivity index (χ0) is 17.8. The molecule has 0 spiro atoms. The Balaban J connectivity index is 1.71. The van der Waals surface area contributed by atoms with Gasteiger partial charge in [0, 0.05) is 31.9 Å². The summed E-state index contributed by atoms with van der Waals surface area (Å²) in [6.07, 6.45) is 5.21. The van der Waals surface area contributed by atoms with Crippen LogP contribution in [0.1, 0.15) is 42.2 Å². The molecule has 1 amide bonds. The van der Waals surface area contributed by atoms with Crippen molar-refractivity contribution in [2.45, 2.75) is 26.2 Å². The SMILES string of the molecule is C/C(=N\NC(=O)c1cccn1C)c1ccc(N2CCCCC2)c(F)c1. The van der Waals surface area contributed by atoms with Crippen LogP contribution in [0.5, 0.6) is 0 Å². The van der Waals surface area contributed by atoms with Crippen LogP contribution in [0.3, 0.4) is 0 Å². The molecule has 3 rings (SSSR count). The number of carbonyl (C=O) groups excluding carboxylic acids is 1. The fourth-order valence-electron chi connectivity index (χ4n) is 3.08. The van der Waals surface area contributed by atoms with Gasteiger partial charge in [-0.05, 0) is 50.5 Å². The van der Waals surface area contributed by atoms with Crippen LogP contribution in [0.2, 0.25) is 0 Å². The average molecular weight is 342 g/mol. The minimum Gasteiger partial charge on any atom is -0.369 e. The van der Waals surface area contributed by atoms with Gasteiger partial charge in [0.15, 0.2) is 0 Å². The molecule has 1 aromatic heterocycles. The Kier molecular flexibility index (Phi) is 5.16. The zero-order valence-electron chi connectivity index (χ0n) is 14.6. The highest BCUT2D eigenvalue weighted by molar-refractivity contribution is 6.00. The molecular formula is C19H23FN4O. The molecule has 2 aromatic rings. The first-order valence-corrected chi connectivity index (χ1v) is 8.57. The van der Waals surface area contributed by atoms with Gasteiger partial charge in [0.25, 0.3) is 5.91 Å². The number of nitrogens with one attached hydrogen (secondary N) is 1. The summed E-state index contributed by atoms with van der Waals surface area (Å²) in [6.45, 7) is 3.55. The smallest absolute Gasteiger partial charge is 0.287 e. The van der Waals surface area contributed by atoms with Crippen molar-refractivity contribution in [1.82, 2.24) is 9.99 Å². The third-order valence-corrected chi connectivity index (χ3v) is 4.56. The van der Waals surface area contributed by atoms with Crippen LogP contribution in [-0.2, 0) is 7.05 Å². The quantitative estimate of drug-likeness (QED) is 0.684. The van der Waals surface area contributed by atoms with E-state index >= 15 is 0 Å². The van der Waals surface area contributed by atoms with Crippen LogP contribution < -0.4 is 10.3 Å². The first kappa shape index (κ1) is 17.2. The molecule has 1 fully saturated rings. The van der Waals surface area contributed by atoms with E-state index in [0.29, 0.717) is 22.7 Å². The standard InChI is InChI=1S/C19H23FN4O/c1-14(21-22-19(25)18-7-6-10-23(18)2)15-8-9-17(16(20)13-15)24-11-4-3-5-12-24/h6-10,13H,3-5,11-12H2,1-2H3,(H,22,25)/b21-14+. The predicted octanol–water partition coefficient (Wildman–Crippen LogP) is 3.31. The Hall–Kier alpha value is -2.63. The number of piperidine rings is 1. The van der Waals surface area contributed by atoms with Crippen molar-refractivity contribution < 1.29 is 9.18 Å². The summed E-state index contributed by atoms with van der Waals surface area (Å²) in [7, 11) is 1.79. The van der Waals surface area contributed by atoms with Crippen LogP contribution in [0.15, 0.2) is 41.6 Å². The molecular weight excluding hydrogens is 319 g/mol. The van der Waals surface area contributed by atoms with Gasteiger partial charge in [-0.25, -0.2) is 9.82 Å². The maximum absolute atomic E-state index is 14.5. The molecule has 0 saturated carbocycles. The van der Waals surface area contributed by atoms with E-state index in [4.69, 9.17) is 0 Å². The molecule has 1 saturated heterocycles. The number of nitrogens with zero attached hydrogens (tertiary/aromatic N) is 3. The van der Waals surface area contributed by atoms with Crippen LogP contribution >= 0.6 is 0 Å². The zero-order valence-corrected chi connectivity index (χ0v) is 14.6. The average Bonchev–Trinajstić information content (AvgIpc) is 3.06. The third-order valence-electron chi connectivity index (χ3n) is 4.56. The molecule has 1 aromatic carbocycles. The highest BCUT2D eigenvalue weighted by Crippen LogP contribution is 2.24. The van der Waals surface area contributed by atoms with Crippen molar-refractivity contribution in [2.24, 2.45) is 12.1 Å². The Morgan fingerprint density at radius 2 is 1.96 bits per heavy atom. The number of carbonyl (C=O) groups is 1. The van der Waals surface area contributed by atoms with Gasteiger partial charge in [-0.2, -0.15) is 5.10 Å². The Labute approximate surface area is 147 Å². The second kappa shape index (κ2) is 7.51. The summed E-state index contributed by atoms with van der Waals surface area (Å²) in [4.78, 5) is 14.2. The lowest BCUT2D eigenvalue weighted by molar-refractivity contribution is 0.0947. The molecule has 25 heavy (non-hydrogen) atoms. The summed E-state index contributed by atoms with van der Waals surface area (Å²) in [5, 5.41) is 4.10. The van der Waals surface area contributed by atoms with Crippen molar-refractivity contribution in [2.75, 3.05) is 18.0 Å². The summed E-state index contributed by atoms with van der Waals surface area (Å²) in [5.74, 6) is -0.542. The van der Waals surface area contributed by atoms with Crippen LogP contribution in [0, 0.1) is 5.82 Å². The number of hydrazone groups is 1. The molecule has 2 heterocycles. The van der Waals surface area contributed by atoms with Gasteiger partial charge in [-0.1, -0.05) is 6.07 Å². The molecule has 1 aliphatic rings. The number of rotatable bonds is 4. The summed E-state index contributed by atoms with van der Waals surface area (Å²) in [6, 6.07) is 8.64. The van der Waals surface area contributed by atoms with E-state index < -0.39 is 0 Å². The van der Waals surface area contributed by atoms with Crippen LogP contribution in [0.4, 0.5) is 10.1 Å². The molecule has 0 radical (unpaired) electrons. The van der Waals surface area contributed by atoms with Crippen molar-refractivity contribution >= 4 is 17.3 Å². The van der Waals surface area contributed by atoms with E-state index in [0.717, 1.165) is 25.9 Å².